The van der Waals surface area contributed by atoms with Crippen LogP contribution in [0.2, 0.25) is 10.0 Å². The lowest BCUT2D eigenvalue weighted by molar-refractivity contribution is -0.132. The number of carbonyl (C=O) groups is 2. The van der Waals surface area contributed by atoms with Gasteiger partial charge in [-0.05, 0) is 36.4 Å². The van der Waals surface area contributed by atoms with E-state index in [1.54, 1.807) is 0 Å². The maximum absolute atomic E-state index is 14.6. The van der Waals surface area contributed by atoms with Crippen LogP contribution >= 0.6 is 23.2 Å². The predicted molar refractivity (Wildman–Crippen MR) is 113 cm³/mol. The fourth-order valence-electron chi connectivity index (χ4n) is 3.52. The first-order valence-electron chi connectivity index (χ1n) is 9.07. The minimum atomic E-state index is -1.33. The quantitative estimate of drug-likeness (QED) is 0.303. The van der Waals surface area contributed by atoms with Gasteiger partial charge in [-0.15, -0.1) is 0 Å². The van der Waals surface area contributed by atoms with Gasteiger partial charge in [0.25, 0.3) is 11.7 Å². The molecule has 0 bridgehead atoms. The number of nitrogens with zero attached hydrogens (tertiary/aromatic N) is 1. The van der Waals surface area contributed by atoms with Gasteiger partial charge in [-0.2, -0.15) is 0 Å². The molecule has 0 radical (unpaired) electrons. The maximum Gasteiger partial charge on any atom is 0.300 e. The molecule has 1 saturated heterocycles. The van der Waals surface area contributed by atoms with Crippen molar-refractivity contribution < 1.29 is 32.6 Å². The first-order chi connectivity index (χ1) is 15.2. The summed E-state index contributed by atoms with van der Waals surface area (Å²) < 4.78 is 38.4. The Hall–Kier alpha value is -3.36. The van der Waals surface area contributed by atoms with E-state index in [-0.39, 0.29) is 38.4 Å². The van der Waals surface area contributed by atoms with Crippen LogP contribution in [0.25, 0.3) is 5.76 Å². The zero-order valence-corrected chi connectivity index (χ0v) is 17.7. The molecule has 32 heavy (non-hydrogen) atoms. The molecular weight excluding hydrogens is 467 g/mol. The Morgan fingerprint density at radius 2 is 1.81 bits per heavy atom. The summed E-state index contributed by atoms with van der Waals surface area (Å²) in [5.74, 6) is -4.55. The average Bonchev–Trinajstić information content (AvgIpc) is 3.35. The number of carbonyl (C=O) groups excluding carboxylic acids is 2. The van der Waals surface area contributed by atoms with E-state index in [0.717, 1.165) is 17.0 Å². The smallest absolute Gasteiger partial charge is 0.300 e. The van der Waals surface area contributed by atoms with E-state index in [1.807, 2.05) is 0 Å². The number of aliphatic hydroxyl groups excluding tert-OH is 1. The van der Waals surface area contributed by atoms with Crippen LogP contribution < -0.4 is 9.64 Å². The van der Waals surface area contributed by atoms with Gasteiger partial charge >= 0.3 is 0 Å². The van der Waals surface area contributed by atoms with Crippen molar-refractivity contribution in [1.29, 1.82) is 0 Å². The summed E-state index contributed by atoms with van der Waals surface area (Å²) >= 11 is 12.3. The topological polar surface area (TPSA) is 80.0 Å². The Balaban J connectivity index is 1.95. The van der Waals surface area contributed by atoms with Crippen molar-refractivity contribution in [1.82, 2.24) is 0 Å². The van der Waals surface area contributed by atoms with Crippen molar-refractivity contribution in [3.05, 3.63) is 87.3 Å². The summed E-state index contributed by atoms with van der Waals surface area (Å²) in [7, 11) is 1.35. The molecule has 2 heterocycles. The molecule has 1 aliphatic rings. The van der Waals surface area contributed by atoms with Gasteiger partial charge < -0.3 is 14.3 Å². The zero-order chi connectivity index (χ0) is 23.2. The maximum atomic E-state index is 14.6. The Kier molecular flexibility index (Phi) is 5.66. The summed E-state index contributed by atoms with van der Waals surface area (Å²) in [6.45, 7) is 0. The molecule has 1 amide bonds. The Morgan fingerprint density at radius 1 is 1.12 bits per heavy atom. The number of aliphatic hydroxyl groups is 1. The third-order valence-corrected chi connectivity index (χ3v) is 5.46. The molecular formula is C22H13Cl2F2NO5. The average molecular weight is 480 g/mol. The number of rotatable bonds is 4. The molecule has 1 aliphatic heterocycles. The summed E-state index contributed by atoms with van der Waals surface area (Å²) in [5.41, 5.74) is -0.722. The number of hydrogen-bond acceptors (Lipinski definition) is 5. The molecule has 10 heteroatoms. The number of hydrogen-bond donors (Lipinski definition) is 1. The number of amides is 1. The number of benzene rings is 2. The first kappa shape index (κ1) is 21.9. The Bertz CT molecular complexity index is 1250. The van der Waals surface area contributed by atoms with Gasteiger partial charge in [0, 0.05) is 11.6 Å². The standard InChI is InChI=1S/C22H13Cl2F2NO5/c1-31-21-12(23)7-10(8-13(21)24)19(28)17-18(16-3-2-6-32-16)27(22(30)20(17)29)15-5-4-11(25)9-14(15)26/h2-9,18,28H,1H3/b19-17-. The van der Waals surface area contributed by atoms with Crippen molar-refractivity contribution in [2.24, 2.45) is 0 Å². The molecule has 4 rings (SSSR count). The monoisotopic (exact) mass is 479 g/mol. The summed E-state index contributed by atoms with van der Waals surface area (Å²) in [4.78, 5) is 26.6. The van der Waals surface area contributed by atoms with E-state index in [2.05, 4.69) is 0 Å². The van der Waals surface area contributed by atoms with Gasteiger partial charge in [0.2, 0.25) is 0 Å². The Morgan fingerprint density at radius 3 is 2.38 bits per heavy atom. The van der Waals surface area contributed by atoms with Crippen LogP contribution in [0, 0.1) is 11.6 Å². The molecule has 1 unspecified atom stereocenters. The zero-order valence-electron chi connectivity index (χ0n) is 16.2. The molecule has 0 aliphatic carbocycles. The van der Waals surface area contributed by atoms with Gasteiger partial charge in [0.1, 0.15) is 29.2 Å². The SMILES string of the molecule is COc1c(Cl)cc(/C(O)=C2/C(=O)C(=O)N(c3ccc(F)cc3F)C2c2ccco2)cc1Cl. The van der Waals surface area contributed by atoms with Gasteiger partial charge in [-0.1, -0.05) is 23.2 Å². The van der Waals surface area contributed by atoms with E-state index < -0.39 is 35.1 Å². The van der Waals surface area contributed by atoms with Crippen LogP contribution in [0.5, 0.6) is 5.75 Å². The molecule has 0 saturated carbocycles. The second-order valence-corrected chi connectivity index (χ2v) is 7.57. The number of Topliss-reactive ketones (excluding diaryl/α,β-unsaturated/α-hetero) is 1. The normalized spacial score (nSPS) is 17.8. The highest BCUT2D eigenvalue weighted by Gasteiger charge is 2.49. The summed E-state index contributed by atoms with van der Waals surface area (Å²) in [6.07, 6.45) is 1.29. The van der Waals surface area contributed by atoms with Crippen LogP contribution in [-0.4, -0.2) is 23.9 Å². The van der Waals surface area contributed by atoms with Crippen LogP contribution in [0.3, 0.4) is 0 Å². The van der Waals surface area contributed by atoms with Crippen molar-refractivity contribution >= 4 is 46.3 Å². The van der Waals surface area contributed by atoms with Crippen molar-refractivity contribution in [3.8, 4) is 5.75 Å². The summed E-state index contributed by atoms with van der Waals surface area (Å²) in [6, 6.07) is 6.76. The van der Waals surface area contributed by atoms with Gasteiger partial charge in [0.05, 0.1) is 34.7 Å². The minimum Gasteiger partial charge on any atom is -0.507 e. The Labute approximate surface area is 190 Å². The molecule has 164 valence electrons. The highest BCUT2D eigenvalue weighted by Crippen LogP contribution is 2.44. The van der Waals surface area contributed by atoms with Gasteiger partial charge in [-0.3, -0.25) is 14.5 Å². The van der Waals surface area contributed by atoms with E-state index in [4.69, 9.17) is 32.4 Å². The number of furan rings is 1. The number of methoxy groups -OCH3 is 1. The predicted octanol–water partition coefficient (Wildman–Crippen LogP) is 5.50. The molecule has 1 N–H and O–H groups in total. The van der Waals surface area contributed by atoms with E-state index in [0.29, 0.717) is 6.07 Å². The van der Waals surface area contributed by atoms with E-state index >= 15 is 0 Å². The number of ether oxygens (including phenoxy) is 1. The molecule has 1 atom stereocenters. The molecule has 0 spiro atoms. The second-order valence-electron chi connectivity index (χ2n) is 6.75. The third-order valence-electron chi connectivity index (χ3n) is 4.90. The van der Waals surface area contributed by atoms with Crippen molar-refractivity contribution in [2.45, 2.75) is 6.04 Å². The lowest BCUT2D eigenvalue weighted by atomic mass is 9.99. The lowest BCUT2D eigenvalue weighted by Gasteiger charge is -2.23. The van der Waals surface area contributed by atoms with Crippen LogP contribution in [-0.2, 0) is 9.59 Å². The lowest BCUT2D eigenvalue weighted by Crippen LogP contribution is -2.30. The van der Waals surface area contributed by atoms with Crippen LogP contribution in [0.4, 0.5) is 14.5 Å². The van der Waals surface area contributed by atoms with Crippen LogP contribution in [0.15, 0.2) is 58.7 Å². The summed E-state index contributed by atoms with van der Waals surface area (Å²) in [5, 5.41) is 11.1. The van der Waals surface area contributed by atoms with E-state index in [1.165, 1.54) is 37.6 Å². The first-order valence-corrected chi connectivity index (χ1v) is 9.83. The molecule has 2 aromatic carbocycles. The van der Waals surface area contributed by atoms with Crippen molar-refractivity contribution in [2.75, 3.05) is 12.0 Å². The molecule has 3 aromatic rings. The van der Waals surface area contributed by atoms with Gasteiger partial charge in [-0.25, -0.2) is 8.78 Å². The third kappa shape index (κ3) is 3.51. The molecule has 1 fully saturated rings. The van der Waals surface area contributed by atoms with Gasteiger partial charge in [0.15, 0.2) is 5.75 Å². The molecule has 1 aromatic heterocycles. The fraction of sp³-hybridized carbons (Fsp3) is 0.0909. The second kappa shape index (κ2) is 8.29. The molecule has 6 nitrogen and oxygen atoms in total. The number of anilines is 1. The van der Waals surface area contributed by atoms with Crippen molar-refractivity contribution in [3.63, 3.8) is 0 Å². The number of ketones is 1. The fourth-order valence-corrected chi connectivity index (χ4v) is 4.16. The highest BCUT2D eigenvalue weighted by molar-refractivity contribution is 6.51. The van der Waals surface area contributed by atoms with E-state index in [9.17, 15) is 23.5 Å². The highest BCUT2D eigenvalue weighted by atomic mass is 35.5. The largest absolute Gasteiger partial charge is 0.507 e. The van der Waals surface area contributed by atoms with Crippen LogP contribution in [0.1, 0.15) is 17.4 Å². The minimum absolute atomic E-state index is 0.0231. The number of halogens is 4.